The second kappa shape index (κ2) is 10.8. The van der Waals surface area contributed by atoms with E-state index in [-0.39, 0.29) is 45.7 Å². The molecule has 0 saturated carbocycles. The summed E-state index contributed by atoms with van der Waals surface area (Å²) in [5, 5.41) is 12.2. The smallest absolute Gasteiger partial charge is 0.335 e. The number of allylic oxidation sites excluding steroid dienone is 1. The van der Waals surface area contributed by atoms with Crippen LogP contribution in [-0.4, -0.2) is 55.9 Å². The third kappa shape index (κ3) is 5.28. The van der Waals surface area contributed by atoms with Gasteiger partial charge in [-0.15, -0.1) is 0 Å². The number of benzene rings is 2. The fraction of sp³-hybridized carbons (Fsp3) is 0.393. The molecule has 1 unspecified atom stereocenters. The highest BCUT2D eigenvalue weighted by atomic mass is 32.2. The molecule has 1 N–H and O–H groups in total. The molecule has 41 heavy (non-hydrogen) atoms. The number of carbonyl (C=O) groups excluding carboxylic acids is 1. The zero-order valence-corrected chi connectivity index (χ0v) is 23.0. The van der Waals surface area contributed by atoms with Crippen molar-refractivity contribution in [1.29, 1.82) is 5.26 Å². The van der Waals surface area contributed by atoms with E-state index in [1.807, 2.05) is 6.07 Å². The van der Waals surface area contributed by atoms with Gasteiger partial charge in [-0.2, -0.15) is 22.7 Å². The second-order valence-electron chi connectivity index (χ2n) is 10.3. The SMILES string of the molecule is [C-]#[N+]C1=C(C)N(c2cccc(C(F)(F)F)c2)C(=O)N[C@@H]1c1ccc(C#N)cc1S(=O)(=O)N1CCN2CCCCC2C1. The number of sulfonamides is 1. The first-order valence-electron chi connectivity index (χ1n) is 13.1. The first-order valence-corrected chi connectivity index (χ1v) is 14.5. The van der Waals surface area contributed by atoms with E-state index in [1.165, 1.54) is 41.6 Å². The molecule has 5 rings (SSSR count). The van der Waals surface area contributed by atoms with Crippen molar-refractivity contribution in [2.45, 2.75) is 49.3 Å². The molecule has 3 aliphatic heterocycles. The molecule has 0 aliphatic carbocycles. The molecule has 2 fully saturated rings. The average Bonchev–Trinajstić information content (AvgIpc) is 2.96. The van der Waals surface area contributed by atoms with Gasteiger partial charge in [0.1, 0.15) is 0 Å². The van der Waals surface area contributed by atoms with Crippen molar-refractivity contribution in [3.63, 3.8) is 0 Å². The summed E-state index contributed by atoms with van der Waals surface area (Å²) in [7, 11) is -4.14. The van der Waals surface area contributed by atoms with E-state index < -0.39 is 33.8 Å². The Morgan fingerprint density at radius 1 is 1.12 bits per heavy atom. The molecule has 214 valence electrons. The number of piperidine rings is 1. The highest BCUT2D eigenvalue weighted by molar-refractivity contribution is 7.89. The number of amides is 2. The standard InChI is InChI=1S/C28H27F3N6O3S/c1-18-25(33-2)26(34-27(38)37(18)21-8-5-6-20(15-21)28(29,30)31)23-10-9-19(16-32)14-24(23)41(39,40)36-13-12-35-11-4-3-7-22(35)17-36/h5-6,8-10,14-15,22,26H,3-4,7,11-13,17H2,1H3,(H,34,38)/t22?,26-/m1/s1. The van der Waals surface area contributed by atoms with E-state index in [1.54, 1.807) is 0 Å². The third-order valence-corrected chi connectivity index (χ3v) is 9.79. The van der Waals surface area contributed by atoms with Crippen LogP contribution in [0.3, 0.4) is 0 Å². The van der Waals surface area contributed by atoms with E-state index in [0.29, 0.717) is 13.1 Å². The maximum atomic E-state index is 14.0. The molecule has 0 spiro atoms. The van der Waals surface area contributed by atoms with Crippen LogP contribution in [0.15, 0.2) is 58.8 Å². The lowest BCUT2D eigenvalue weighted by Crippen LogP contribution is -2.56. The van der Waals surface area contributed by atoms with Crippen LogP contribution in [0, 0.1) is 17.9 Å². The molecule has 13 heteroatoms. The number of nitrogens with one attached hydrogen (secondary N) is 1. The van der Waals surface area contributed by atoms with Crippen molar-refractivity contribution in [2.24, 2.45) is 0 Å². The maximum Gasteiger partial charge on any atom is 0.416 e. The van der Waals surface area contributed by atoms with Crippen molar-refractivity contribution >= 4 is 21.7 Å². The van der Waals surface area contributed by atoms with E-state index in [9.17, 15) is 31.6 Å². The van der Waals surface area contributed by atoms with Crippen LogP contribution in [0.5, 0.6) is 0 Å². The minimum atomic E-state index is -4.64. The lowest BCUT2D eigenvalue weighted by atomic mass is 9.99. The van der Waals surface area contributed by atoms with E-state index in [2.05, 4.69) is 15.1 Å². The van der Waals surface area contributed by atoms with Crippen LogP contribution in [0.25, 0.3) is 4.85 Å². The lowest BCUT2D eigenvalue weighted by Gasteiger charge is -2.43. The number of anilines is 1. The predicted molar refractivity (Wildman–Crippen MR) is 144 cm³/mol. The van der Waals surface area contributed by atoms with Crippen LogP contribution in [0.4, 0.5) is 23.7 Å². The third-order valence-electron chi connectivity index (χ3n) is 7.87. The highest BCUT2D eigenvalue weighted by Crippen LogP contribution is 2.39. The Balaban J connectivity index is 1.57. The van der Waals surface area contributed by atoms with Crippen molar-refractivity contribution in [3.8, 4) is 6.07 Å². The molecule has 3 heterocycles. The fourth-order valence-electron chi connectivity index (χ4n) is 5.79. The number of urea groups is 1. The van der Waals surface area contributed by atoms with E-state index >= 15 is 0 Å². The maximum absolute atomic E-state index is 14.0. The Kier molecular flexibility index (Phi) is 7.55. The molecule has 0 bridgehead atoms. The van der Waals surface area contributed by atoms with Gasteiger partial charge in [-0.25, -0.2) is 18.1 Å². The van der Waals surface area contributed by atoms with E-state index in [4.69, 9.17) is 6.57 Å². The topological polar surface area (TPSA) is 101 Å². The molecule has 0 aromatic heterocycles. The fourth-order valence-corrected chi connectivity index (χ4v) is 7.51. The van der Waals surface area contributed by atoms with Crippen molar-refractivity contribution in [3.05, 3.63) is 82.0 Å². The Hall–Kier alpha value is -3.91. The van der Waals surface area contributed by atoms with Gasteiger partial charge in [0, 0.05) is 37.1 Å². The molecule has 2 atom stereocenters. The van der Waals surface area contributed by atoms with Gasteiger partial charge in [-0.05, 0) is 62.2 Å². The Bertz CT molecular complexity index is 1610. The minimum Gasteiger partial charge on any atom is -0.335 e. The number of fused-ring (bicyclic) bond motifs is 1. The quantitative estimate of drug-likeness (QED) is 0.518. The van der Waals surface area contributed by atoms with Gasteiger partial charge in [-0.1, -0.05) is 18.6 Å². The summed E-state index contributed by atoms with van der Waals surface area (Å²) in [6.07, 6.45) is -1.67. The largest absolute Gasteiger partial charge is 0.416 e. The molecular formula is C28H27F3N6O3S. The molecule has 2 aromatic rings. The summed E-state index contributed by atoms with van der Waals surface area (Å²) in [4.78, 5) is 20.0. The van der Waals surface area contributed by atoms with Crippen LogP contribution in [-0.2, 0) is 16.2 Å². The number of carbonyl (C=O) groups is 1. The molecular weight excluding hydrogens is 557 g/mol. The number of alkyl halides is 3. The summed E-state index contributed by atoms with van der Waals surface area (Å²) in [5.74, 6) is 0. The summed E-state index contributed by atoms with van der Waals surface area (Å²) >= 11 is 0. The molecule has 9 nitrogen and oxygen atoms in total. The molecule has 2 aromatic carbocycles. The first-order chi connectivity index (χ1) is 19.5. The van der Waals surface area contributed by atoms with Gasteiger partial charge in [0.15, 0.2) is 0 Å². The van der Waals surface area contributed by atoms with Crippen molar-refractivity contribution in [2.75, 3.05) is 31.1 Å². The number of nitrogens with zero attached hydrogens (tertiary/aromatic N) is 5. The zero-order chi connectivity index (χ0) is 29.5. The summed E-state index contributed by atoms with van der Waals surface area (Å²) < 4.78 is 69.5. The lowest BCUT2D eigenvalue weighted by molar-refractivity contribution is -0.137. The minimum absolute atomic E-state index is 0.0553. The van der Waals surface area contributed by atoms with Crippen LogP contribution in [0.2, 0.25) is 0 Å². The van der Waals surface area contributed by atoms with Crippen LogP contribution >= 0.6 is 0 Å². The van der Waals surface area contributed by atoms with Gasteiger partial charge in [0.2, 0.25) is 15.7 Å². The summed E-state index contributed by atoms with van der Waals surface area (Å²) in [6.45, 7) is 11.3. The van der Waals surface area contributed by atoms with Gasteiger partial charge in [0.25, 0.3) is 0 Å². The molecule has 2 saturated heterocycles. The molecule has 3 aliphatic rings. The molecule has 2 amide bonds. The predicted octanol–water partition coefficient (Wildman–Crippen LogP) is 4.86. The van der Waals surface area contributed by atoms with Crippen LogP contribution in [0.1, 0.15) is 48.9 Å². The number of nitriles is 1. The van der Waals surface area contributed by atoms with Gasteiger partial charge in [0.05, 0.1) is 34.7 Å². The summed E-state index contributed by atoms with van der Waals surface area (Å²) in [5.41, 5.74) is -0.830. The average molecular weight is 585 g/mol. The Labute approximate surface area is 236 Å². The first kappa shape index (κ1) is 28.6. The van der Waals surface area contributed by atoms with Gasteiger partial charge in [-0.3, -0.25) is 9.80 Å². The monoisotopic (exact) mass is 584 g/mol. The van der Waals surface area contributed by atoms with Crippen molar-refractivity contribution in [1.82, 2.24) is 14.5 Å². The Morgan fingerprint density at radius 2 is 1.90 bits per heavy atom. The number of hydrogen-bond donors (Lipinski definition) is 1. The number of rotatable bonds is 4. The second-order valence-corrected chi connectivity index (χ2v) is 12.2. The Morgan fingerprint density at radius 3 is 2.61 bits per heavy atom. The number of halogens is 3. The molecule has 0 radical (unpaired) electrons. The number of piperazine rings is 1. The normalized spacial score (nSPS) is 22.5. The summed E-state index contributed by atoms with van der Waals surface area (Å²) in [6, 6.07) is 8.28. The van der Waals surface area contributed by atoms with Crippen molar-refractivity contribution < 1.29 is 26.4 Å². The van der Waals surface area contributed by atoms with Gasteiger partial charge >= 0.3 is 12.2 Å². The zero-order valence-electron chi connectivity index (χ0n) is 22.1. The highest BCUT2D eigenvalue weighted by Gasteiger charge is 2.41. The van der Waals surface area contributed by atoms with E-state index in [0.717, 1.165) is 42.8 Å². The van der Waals surface area contributed by atoms with Gasteiger partial charge < -0.3 is 5.32 Å². The number of hydrogen-bond acceptors (Lipinski definition) is 5. The van der Waals surface area contributed by atoms with Crippen LogP contribution < -0.4 is 10.2 Å².